The Labute approximate surface area is 117 Å². The van der Waals surface area contributed by atoms with Crippen molar-refractivity contribution in [2.24, 2.45) is 0 Å². The first-order chi connectivity index (χ1) is 9.08. The van der Waals surface area contributed by atoms with E-state index in [0.717, 1.165) is 31.6 Å². The summed E-state index contributed by atoms with van der Waals surface area (Å²) in [4.78, 5) is 14.1. The zero-order chi connectivity index (χ0) is 14.3. The van der Waals surface area contributed by atoms with Gasteiger partial charge >= 0.3 is 0 Å². The highest BCUT2D eigenvalue weighted by atomic mass is 16.2. The van der Waals surface area contributed by atoms with Gasteiger partial charge in [0.2, 0.25) is 5.91 Å². The smallest absolute Gasteiger partial charge is 0.241 e. The monoisotopic (exact) mass is 262 g/mol. The van der Waals surface area contributed by atoms with E-state index in [1.165, 1.54) is 11.1 Å². The molecular weight excluding hydrogens is 236 g/mol. The SMILES string of the molecule is CCCN(CCC)C(=O)CNc1cc(C)ccc1C. The number of hydrogen-bond acceptors (Lipinski definition) is 2. The lowest BCUT2D eigenvalue weighted by Gasteiger charge is -2.22. The minimum absolute atomic E-state index is 0.185. The number of amides is 1. The summed E-state index contributed by atoms with van der Waals surface area (Å²) in [6.45, 7) is 10.4. The van der Waals surface area contributed by atoms with Gasteiger partial charge in [0, 0.05) is 18.8 Å². The summed E-state index contributed by atoms with van der Waals surface area (Å²) in [7, 11) is 0. The van der Waals surface area contributed by atoms with Crippen molar-refractivity contribution in [2.75, 3.05) is 25.0 Å². The van der Waals surface area contributed by atoms with Crippen molar-refractivity contribution >= 4 is 11.6 Å². The average molecular weight is 262 g/mol. The van der Waals surface area contributed by atoms with Gasteiger partial charge in [0.05, 0.1) is 6.54 Å². The zero-order valence-corrected chi connectivity index (χ0v) is 12.6. The summed E-state index contributed by atoms with van der Waals surface area (Å²) < 4.78 is 0. The Morgan fingerprint density at radius 1 is 1.16 bits per heavy atom. The van der Waals surface area contributed by atoms with Gasteiger partial charge in [-0.25, -0.2) is 0 Å². The predicted octanol–water partition coefficient (Wildman–Crippen LogP) is 3.36. The number of benzene rings is 1. The molecule has 1 aromatic rings. The first-order valence-electron chi connectivity index (χ1n) is 7.17. The fourth-order valence-electron chi connectivity index (χ4n) is 2.11. The van der Waals surface area contributed by atoms with Crippen LogP contribution in [0.3, 0.4) is 0 Å². The van der Waals surface area contributed by atoms with E-state index in [-0.39, 0.29) is 5.91 Å². The van der Waals surface area contributed by atoms with E-state index in [9.17, 15) is 4.79 Å². The van der Waals surface area contributed by atoms with Crippen molar-refractivity contribution in [2.45, 2.75) is 40.5 Å². The number of anilines is 1. The maximum absolute atomic E-state index is 12.2. The maximum Gasteiger partial charge on any atom is 0.241 e. The van der Waals surface area contributed by atoms with Crippen molar-refractivity contribution in [3.63, 3.8) is 0 Å². The largest absolute Gasteiger partial charge is 0.376 e. The molecule has 0 unspecified atom stereocenters. The summed E-state index contributed by atoms with van der Waals surface area (Å²) in [6.07, 6.45) is 2.02. The van der Waals surface area contributed by atoms with E-state index in [0.29, 0.717) is 6.54 Å². The van der Waals surface area contributed by atoms with Crippen LogP contribution in [0, 0.1) is 13.8 Å². The Hall–Kier alpha value is -1.51. The Balaban J connectivity index is 2.59. The molecule has 0 saturated carbocycles. The molecule has 0 aliphatic rings. The molecule has 0 aliphatic carbocycles. The Kier molecular flexibility index (Phi) is 6.40. The molecule has 0 radical (unpaired) electrons. The van der Waals surface area contributed by atoms with E-state index in [1.54, 1.807) is 0 Å². The van der Waals surface area contributed by atoms with Crippen molar-refractivity contribution < 1.29 is 4.79 Å². The van der Waals surface area contributed by atoms with Crippen molar-refractivity contribution in [3.8, 4) is 0 Å². The van der Waals surface area contributed by atoms with Crippen molar-refractivity contribution in [3.05, 3.63) is 29.3 Å². The molecule has 0 aliphatic heterocycles. The third-order valence-electron chi connectivity index (χ3n) is 3.16. The van der Waals surface area contributed by atoms with Crippen molar-refractivity contribution in [1.82, 2.24) is 4.90 Å². The molecule has 0 saturated heterocycles. The average Bonchev–Trinajstić information content (AvgIpc) is 2.39. The third kappa shape index (κ3) is 4.93. The maximum atomic E-state index is 12.2. The second-order valence-electron chi connectivity index (χ2n) is 5.05. The summed E-state index contributed by atoms with van der Waals surface area (Å²) in [5, 5.41) is 3.26. The lowest BCUT2D eigenvalue weighted by molar-refractivity contribution is -0.129. The van der Waals surface area contributed by atoms with Gasteiger partial charge in [-0.05, 0) is 43.9 Å². The van der Waals surface area contributed by atoms with Gasteiger partial charge in [-0.2, -0.15) is 0 Å². The normalized spacial score (nSPS) is 10.3. The van der Waals surface area contributed by atoms with Crippen LogP contribution in [0.1, 0.15) is 37.8 Å². The number of nitrogens with zero attached hydrogens (tertiary/aromatic N) is 1. The van der Waals surface area contributed by atoms with E-state index in [1.807, 2.05) is 4.90 Å². The van der Waals surface area contributed by atoms with Gasteiger partial charge in [0.15, 0.2) is 0 Å². The minimum Gasteiger partial charge on any atom is -0.376 e. The molecule has 1 N–H and O–H groups in total. The molecular formula is C16H26N2O. The standard InChI is InChI=1S/C16H26N2O/c1-5-9-18(10-6-2)16(19)12-17-15-11-13(3)7-8-14(15)4/h7-8,11,17H,5-6,9-10,12H2,1-4H3. The van der Waals surface area contributed by atoms with Gasteiger partial charge in [-0.3, -0.25) is 4.79 Å². The predicted molar refractivity (Wildman–Crippen MR) is 81.6 cm³/mol. The number of nitrogens with one attached hydrogen (secondary N) is 1. The van der Waals surface area contributed by atoms with Crippen LogP contribution in [0.4, 0.5) is 5.69 Å². The third-order valence-corrected chi connectivity index (χ3v) is 3.16. The van der Waals surface area contributed by atoms with E-state index in [2.05, 4.69) is 51.2 Å². The topological polar surface area (TPSA) is 32.3 Å². The van der Waals surface area contributed by atoms with Crippen molar-refractivity contribution in [1.29, 1.82) is 0 Å². The Morgan fingerprint density at radius 3 is 2.37 bits per heavy atom. The molecule has 3 heteroatoms. The van der Waals surface area contributed by atoms with Gasteiger partial charge < -0.3 is 10.2 Å². The fraction of sp³-hybridized carbons (Fsp3) is 0.562. The number of carbonyl (C=O) groups is 1. The molecule has 0 atom stereocenters. The van der Waals surface area contributed by atoms with E-state index in [4.69, 9.17) is 0 Å². The first kappa shape index (κ1) is 15.5. The molecule has 0 bridgehead atoms. The van der Waals surface area contributed by atoms with Crippen LogP contribution in [-0.4, -0.2) is 30.4 Å². The Bertz CT molecular complexity index is 409. The zero-order valence-electron chi connectivity index (χ0n) is 12.6. The number of rotatable bonds is 7. The molecule has 3 nitrogen and oxygen atoms in total. The fourth-order valence-corrected chi connectivity index (χ4v) is 2.11. The molecule has 0 aromatic heterocycles. The lowest BCUT2D eigenvalue weighted by Crippen LogP contribution is -2.36. The summed E-state index contributed by atoms with van der Waals surface area (Å²) >= 11 is 0. The number of carbonyl (C=O) groups excluding carboxylic acids is 1. The van der Waals surface area contributed by atoms with Crippen LogP contribution in [0.25, 0.3) is 0 Å². The number of aryl methyl sites for hydroxylation is 2. The van der Waals surface area contributed by atoms with Crippen LogP contribution in [0.5, 0.6) is 0 Å². The molecule has 1 rings (SSSR count). The molecule has 1 aromatic carbocycles. The van der Waals surface area contributed by atoms with Crippen LogP contribution in [0.2, 0.25) is 0 Å². The van der Waals surface area contributed by atoms with Crippen LogP contribution in [-0.2, 0) is 4.79 Å². The van der Waals surface area contributed by atoms with E-state index < -0.39 is 0 Å². The molecule has 0 heterocycles. The molecule has 1 amide bonds. The van der Waals surface area contributed by atoms with Gasteiger partial charge in [0.1, 0.15) is 0 Å². The minimum atomic E-state index is 0.185. The summed E-state index contributed by atoms with van der Waals surface area (Å²) in [6, 6.07) is 6.26. The number of hydrogen-bond donors (Lipinski definition) is 1. The summed E-state index contributed by atoms with van der Waals surface area (Å²) in [5.41, 5.74) is 3.44. The lowest BCUT2D eigenvalue weighted by atomic mass is 10.1. The molecule has 106 valence electrons. The Morgan fingerprint density at radius 2 is 1.79 bits per heavy atom. The second-order valence-corrected chi connectivity index (χ2v) is 5.05. The molecule has 0 spiro atoms. The van der Waals surface area contributed by atoms with Crippen LogP contribution < -0.4 is 5.32 Å². The molecule has 19 heavy (non-hydrogen) atoms. The highest BCUT2D eigenvalue weighted by molar-refractivity contribution is 5.81. The summed E-state index contributed by atoms with van der Waals surface area (Å²) in [5.74, 6) is 0.185. The highest BCUT2D eigenvalue weighted by Crippen LogP contribution is 2.16. The quantitative estimate of drug-likeness (QED) is 0.817. The van der Waals surface area contributed by atoms with Crippen LogP contribution in [0.15, 0.2) is 18.2 Å². The first-order valence-corrected chi connectivity index (χ1v) is 7.17. The van der Waals surface area contributed by atoms with E-state index >= 15 is 0 Å². The van der Waals surface area contributed by atoms with Gasteiger partial charge in [0.25, 0.3) is 0 Å². The highest BCUT2D eigenvalue weighted by Gasteiger charge is 2.11. The molecule has 0 fully saturated rings. The van der Waals surface area contributed by atoms with Gasteiger partial charge in [-0.15, -0.1) is 0 Å². The second kappa shape index (κ2) is 7.82. The van der Waals surface area contributed by atoms with Gasteiger partial charge in [-0.1, -0.05) is 26.0 Å². The van der Waals surface area contributed by atoms with Crippen LogP contribution >= 0.6 is 0 Å².